The highest BCUT2D eigenvalue weighted by Gasteiger charge is 2.36. The van der Waals surface area contributed by atoms with Gasteiger partial charge < -0.3 is 11.1 Å². The number of para-hydroxylation sites is 1. The molecule has 0 radical (unpaired) electrons. The maximum Gasteiger partial charge on any atom is 0.0951 e. The van der Waals surface area contributed by atoms with Crippen LogP contribution < -0.4 is 11.1 Å². The molecule has 3 rings (SSSR count). The van der Waals surface area contributed by atoms with Crippen molar-refractivity contribution >= 4 is 22.3 Å². The number of anilines is 2. The van der Waals surface area contributed by atoms with Gasteiger partial charge in [-0.1, -0.05) is 19.1 Å². The predicted octanol–water partition coefficient (Wildman–Crippen LogP) is 3.03. The van der Waals surface area contributed by atoms with E-state index in [1.807, 2.05) is 24.4 Å². The summed E-state index contributed by atoms with van der Waals surface area (Å²) in [6.07, 6.45) is 4.46. The first kappa shape index (κ1) is 10.4. The minimum absolute atomic E-state index is 0.496. The second-order valence-corrected chi connectivity index (χ2v) is 5.27. The Morgan fingerprint density at radius 2 is 2.18 bits per heavy atom. The van der Waals surface area contributed by atoms with Crippen LogP contribution in [0.15, 0.2) is 30.5 Å². The van der Waals surface area contributed by atoms with Gasteiger partial charge in [0.15, 0.2) is 0 Å². The van der Waals surface area contributed by atoms with Crippen LogP contribution in [0, 0.1) is 5.41 Å². The first-order valence-corrected chi connectivity index (χ1v) is 6.05. The average Bonchev–Trinajstić information content (AvgIpc) is 3.06. The van der Waals surface area contributed by atoms with Crippen molar-refractivity contribution in [2.24, 2.45) is 5.41 Å². The quantitative estimate of drug-likeness (QED) is 0.792. The van der Waals surface area contributed by atoms with E-state index in [2.05, 4.69) is 23.3 Å². The third kappa shape index (κ3) is 1.93. The summed E-state index contributed by atoms with van der Waals surface area (Å²) in [4.78, 5) is 4.34. The lowest BCUT2D eigenvalue weighted by atomic mass is 10.1. The van der Waals surface area contributed by atoms with Crippen LogP contribution in [0.1, 0.15) is 19.8 Å². The van der Waals surface area contributed by atoms with Gasteiger partial charge in [-0.2, -0.15) is 0 Å². The number of nitrogens with zero attached hydrogens (tertiary/aromatic N) is 1. The van der Waals surface area contributed by atoms with Crippen LogP contribution in [0.4, 0.5) is 11.4 Å². The first-order valence-electron chi connectivity index (χ1n) is 6.05. The molecule has 3 heteroatoms. The molecule has 88 valence electrons. The molecule has 0 aliphatic heterocycles. The van der Waals surface area contributed by atoms with Crippen molar-refractivity contribution in [3.8, 4) is 0 Å². The molecule has 1 saturated carbocycles. The molecule has 0 bridgehead atoms. The lowest BCUT2D eigenvalue weighted by Gasteiger charge is -2.13. The third-order valence-electron chi connectivity index (χ3n) is 3.61. The molecule has 0 spiro atoms. The van der Waals surface area contributed by atoms with Gasteiger partial charge >= 0.3 is 0 Å². The van der Waals surface area contributed by atoms with Crippen molar-refractivity contribution in [1.82, 2.24) is 4.98 Å². The van der Waals surface area contributed by atoms with Crippen LogP contribution in [0.25, 0.3) is 10.9 Å². The maximum absolute atomic E-state index is 5.93. The number of nitrogen functional groups attached to an aromatic ring is 1. The fraction of sp³-hybridized carbons (Fsp3) is 0.357. The van der Waals surface area contributed by atoms with Gasteiger partial charge in [-0.25, -0.2) is 0 Å². The van der Waals surface area contributed by atoms with Crippen LogP contribution in [0.5, 0.6) is 0 Å². The Kier molecular flexibility index (Phi) is 2.21. The lowest BCUT2D eigenvalue weighted by molar-refractivity contribution is 0.611. The van der Waals surface area contributed by atoms with E-state index in [9.17, 15) is 0 Å². The SMILES string of the molecule is CC1(CNc2ccnc3c(N)cccc23)CC1. The maximum atomic E-state index is 5.93. The number of pyridine rings is 1. The number of aromatic nitrogens is 1. The second-order valence-electron chi connectivity index (χ2n) is 5.27. The van der Waals surface area contributed by atoms with Crippen molar-refractivity contribution in [3.63, 3.8) is 0 Å². The molecule has 0 unspecified atom stereocenters. The minimum Gasteiger partial charge on any atom is -0.397 e. The van der Waals surface area contributed by atoms with Gasteiger partial charge in [0.25, 0.3) is 0 Å². The number of hydrogen-bond acceptors (Lipinski definition) is 3. The summed E-state index contributed by atoms with van der Waals surface area (Å²) in [5, 5.41) is 4.63. The van der Waals surface area contributed by atoms with Crippen LogP contribution in [-0.2, 0) is 0 Å². The normalized spacial score (nSPS) is 17.0. The molecule has 17 heavy (non-hydrogen) atoms. The Bertz CT molecular complexity index is 558. The standard InChI is InChI=1S/C14H17N3/c1-14(6-7-14)9-17-12-5-8-16-13-10(12)3-2-4-11(13)15/h2-5,8H,6-7,9,15H2,1H3,(H,16,17). The number of nitrogens with two attached hydrogens (primary N) is 1. The average molecular weight is 227 g/mol. The van der Waals surface area contributed by atoms with E-state index in [1.54, 1.807) is 0 Å². The van der Waals surface area contributed by atoms with Crippen LogP contribution in [-0.4, -0.2) is 11.5 Å². The highest BCUT2D eigenvalue weighted by atomic mass is 14.9. The zero-order valence-corrected chi connectivity index (χ0v) is 10.0. The van der Waals surface area contributed by atoms with E-state index in [4.69, 9.17) is 5.73 Å². The summed E-state index contributed by atoms with van der Waals surface area (Å²) in [5.74, 6) is 0. The van der Waals surface area contributed by atoms with Crippen LogP contribution in [0.3, 0.4) is 0 Å². The van der Waals surface area contributed by atoms with Crippen LogP contribution in [0.2, 0.25) is 0 Å². The Hall–Kier alpha value is -1.77. The van der Waals surface area contributed by atoms with Gasteiger partial charge in [0.2, 0.25) is 0 Å². The lowest BCUT2D eigenvalue weighted by Crippen LogP contribution is -2.12. The summed E-state index contributed by atoms with van der Waals surface area (Å²) in [5.41, 5.74) is 9.19. The predicted molar refractivity (Wildman–Crippen MR) is 72.0 cm³/mol. The Labute approximate surface area is 101 Å². The highest BCUT2D eigenvalue weighted by molar-refractivity contribution is 5.97. The largest absolute Gasteiger partial charge is 0.397 e. The van der Waals surface area contributed by atoms with Crippen LogP contribution >= 0.6 is 0 Å². The second kappa shape index (κ2) is 3.62. The summed E-state index contributed by atoms with van der Waals surface area (Å²) < 4.78 is 0. The fourth-order valence-electron chi connectivity index (χ4n) is 2.05. The number of benzene rings is 1. The molecule has 3 nitrogen and oxygen atoms in total. The molecule has 1 aliphatic carbocycles. The summed E-state index contributed by atoms with van der Waals surface area (Å²) in [7, 11) is 0. The molecule has 1 aromatic heterocycles. The molecule has 0 saturated heterocycles. The minimum atomic E-state index is 0.496. The molecular formula is C14H17N3. The topological polar surface area (TPSA) is 50.9 Å². The van der Waals surface area contributed by atoms with E-state index >= 15 is 0 Å². The summed E-state index contributed by atoms with van der Waals surface area (Å²) >= 11 is 0. The van der Waals surface area contributed by atoms with Crippen molar-refractivity contribution in [2.45, 2.75) is 19.8 Å². The number of nitrogens with one attached hydrogen (secondary N) is 1. The molecule has 3 N–H and O–H groups in total. The molecule has 2 aromatic rings. The van der Waals surface area contributed by atoms with E-state index in [0.29, 0.717) is 5.41 Å². The van der Waals surface area contributed by atoms with Crippen molar-refractivity contribution in [2.75, 3.05) is 17.6 Å². The van der Waals surface area contributed by atoms with Gasteiger partial charge in [0.1, 0.15) is 0 Å². The molecule has 1 fully saturated rings. The number of rotatable bonds is 3. The van der Waals surface area contributed by atoms with E-state index in [-0.39, 0.29) is 0 Å². The first-order chi connectivity index (χ1) is 8.18. The van der Waals surface area contributed by atoms with Gasteiger partial charge in [-0.15, -0.1) is 0 Å². The molecule has 1 aliphatic rings. The molecule has 1 heterocycles. The fourth-order valence-corrected chi connectivity index (χ4v) is 2.05. The Balaban J connectivity index is 1.95. The molecule has 0 amide bonds. The van der Waals surface area contributed by atoms with Gasteiger partial charge in [0.05, 0.1) is 11.2 Å². The van der Waals surface area contributed by atoms with Crippen molar-refractivity contribution < 1.29 is 0 Å². The van der Waals surface area contributed by atoms with E-state index < -0.39 is 0 Å². The molecular weight excluding hydrogens is 210 g/mol. The summed E-state index contributed by atoms with van der Waals surface area (Å²) in [6.45, 7) is 3.35. The van der Waals surface area contributed by atoms with Crippen molar-refractivity contribution in [3.05, 3.63) is 30.5 Å². The van der Waals surface area contributed by atoms with Gasteiger partial charge in [0, 0.05) is 23.8 Å². The smallest absolute Gasteiger partial charge is 0.0951 e. The van der Waals surface area contributed by atoms with Crippen molar-refractivity contribution in [1.29, 1.82) is 0 Å². The molecule has 1 aromatic carbocycles. The summed E-state index contributed by atoms with van der Waals surface area (Å²) in [6, 6.07) is 7.95. The van der Waals surface area contributed by atoms with Gasteiger partial charge in [-0.3, -0.25) is 4.98 Å². The van der Waals surface area contributed by atoms with E-state index in [1.165, 1.54) is 12.8 Å². The van der Waals surface area contributed by atoms with Gasteiger partial charge in [-0.05, 0) is 30.4 Å². The van der Waals surface area contributed by atoms with E-state index in [0.717, 1.165) is 28.8 Å². The zero-order valence-electron chi connectivity index (χ0n) is 10.0. The highest BCUT2D eigenvalue weighted by Crippen LogP contribution is 2.45. The molecule has 0 atom stereocenters. The Morgan fingerprint density at radius 1 is 1.35 bits per heavy atom. The zero-order chi connectivity index (χ0) is 11.9. The monoisotopic (exact) mass is 227 g/mol. The Morgan fingerprint density at radius 3 is 2.94 bits per heavy atom. The third-order valence-corrected chi connectivity index (χ3v) is 3.61. The number of hydrogen-bond donors (Lipinski definition) is 2. The number of fused-ring (bicyclic) bond motifs is 1.